The molecule has 2 atom stereocenters. The van der Waals surface area contributed by atoms with Gasteiger partial charge in [0.15, 0.2) is 12.6 Å². The largest absolute Gasteiger partial charge is 0.353 e. The molecule has 16 heavy (non-hydrogen) atoms. The summed E-state index contributed by atoms with van der Waals surface area (Å²) in [4.78, 5) is 0. The van der Waals surface area contributed by atoms with Gasteiger partial charge in [-0.3, -0.25) is 0 Å². The maximum atomic E-state index is 5.57. The zero-order valence-corrected chi connectivity index (χ0v) is 9.86. The summed E-state index contributed by atoms with van der Waals surface area (Å²) in [5.74, 6) is 0. The van der Waals surface area contributed by atoms with E-state index in [4.69, 9.17) is 18.9 Å². The Bertz CT molecular complexity index is 154. The molecule has 0 radical (unpaired) electrons. The molecule has 2 aliphatic heterocycles. The van der Waals surface area contributed by atoms with E-state index in [1.54, 1.807) is 0 Å². The Hall–Kier alpha value is -0.160. The maximum absolute atomic E-state index is 5.57. The van der Waals surface area contributed by atoms with E-state index in [1.807, 2.05) is 0 Å². The molecular weight excluding hydrogens is 208 g/mol. The molecule has 0 aliphatic carbocycles. The van der Waals surface area contributed by atoms with Crippen LogP contribution in [0, 0.1) is 0 Å². The zero-order chi connectivity index (χ0) is 11.1. The van der Waals surface area contributed by atoms with Crippen LogP contribution in [-0.4, -0.2) is 39.0 Å². The van der Waals surface area contributed by atoms with Crippen LogP contribution >= 0.6 is 0 Å². The molecule has 0 bridgehead atoms. The maximum Gasteiger partial charge on any atom is 0.157 e. The van der Waals surface area contributed by atoms with Crippen LogP contribution in [0.15, 0.2) is 0 Å². The first-order chi connectivity index (χ1) is 7.95. The number of hydrogen-bond acceptors (Lipinski definition) is 4. The van der Waals surface area contributed by atoms with Gasteiger partial charge in [0.25, 0.3) is 0 Å². The van der Waals surface area contributed by atoms with Crippen molar-refractivity contribution in [2.24, 2.45) is 0 Å². The lowest BCUT2D eigenvalue weighted by Crippen LogP contribution is -2.13. The van der Waals surface area contributed by atoms with Crippen molar-refractivity contribution < 1.29 is 18.9 Å². The van der Waals surface area contributed by atoms with Gasteiger partial charge in [-0.1, -0.05) is 0 Å². The highest BCUT2D eigenvalue weighted by Gasteiger charge is 2.16. The summed E-state index contributed by atoms with van der Waals surface area (Å²) >= 11 is 0. The minimum Gasteiger partial charge on any atom is -0.353 e. The molecule has 4 nitrogen and oxygen atoms in total. The minimum atomic E-state index is 0.0547. The van der Waals surface area contributed by atoms with Crippen molar-refractivity contribution >= 4 is 0 Å². The summed E-state index contributed by atoms with van der Waals surface area (Å²) in [7, 11) is 0. The Labute approximate surface area is 97.2 Å². The van der Waals surface area contributed by atoms with Crippen LogP contribution in [0.25, 0.3) is 0 Å². The van der Waals surface area contributed by atoms with Gasteiger partial charge in [-0.25, -0.2) is 0 Å². The number of hydrogen-bond donors (Lipinski definition) is 0. The molecule has 2 fully saturated rings. The van der Waals surface area contributed by atoms with Crippen LogP contribution in [0.5, 0.6) is 0 Å². The molecule has 0 aromatic rings. The van der Waals surface area contributed by atoms with Crippen LogP contribution in [0.1, 0.15) is 38.5 Å². The molecule has 0 aromatic heterocycles. The predicted octanol–water partition coefficient (Wildman–Crippen LogP) is 2.07. The molecule has 2 saturated heterocycles. The van der Waals surface area contributed by atoms with Crippen LogP contribution in [0.2, 0.25) is 0 Å². The lowest BCUT2D eigenvalue weighted by atomic mass is 10.3. The fourth-order valence-electron chi connectivity index (χ4n) is 1.99. The van der Waals surface area contributed by atoms with Gasteiger partial charge < -0.3 is 18.9 Å². The molecule has 94 valence electrons. The molecular formula is C12H22O4. The van der Waals surface area contributed by atoms with Crippen LogP contribution in [-0.2, 0) is 18.9 Å². The van der Waals surface area contributed by atoms with Gasteiger partial charge in [0, 0.05) is 39.3 Å². The highest BCUT2D eigenvalue weighted by Crippen LogP contribution is 2.15. The second kappa shape index (κ2) is 7.22. The third-order valence-electron chi connectivity index (χ3n) is 2.92. The summed E-state index contributed by atoms with van der Waals surface area (Å²) in [6, 6.07) is 0. The van der Waals surface area contributed by atoms with Crippen molar-refractivity contribution in [2.75, 3.05) is 26.4 Å². The topological polar surface area (TPSA) is 36.9 Å². The molecule has 2 unspecified atom stereocenters. The standard InChI is InChI=1S/C12H22O4/c1(7-13-11-5-3-9-15-11)2-8-14-12-6-4-10-16-12/h11-12H,1-10H2. The first-order valence-electron chi connectivity index (χ1n) is 6.41. The van der Waals surface area contributed by atoms with Gasteiger partial charge in [0.05, 0.1) is 0 Å². The summed E-state index contributed by atoms with van der Waals surface area (Å²) in [6.45, 7) is 3.26. The molecule has 0 amide bonds. The average Bonchev–Trinajstić information content (AvgIpc) is 2.96. The quantitative estimate of drug-likeness (QED) is 0.627. The second-order valence-corrected chi connectivity index (χ2v) is 4.33. The first-order valence-corrected chi connectivity index (χ1v) is 6.41. The van der Waals surface area contributed by atoms with Crippen molar-refractivity contribution in [3.63, 3.8) is 0 Å². The van der Waals surface area contributed by atoms with Crippen molar-refractivity contribution in [3.8, 4) is 0 Å². The van der Waals surface area contributed by atoms with E-state index in [1.165, 1.54) is 0 Å². The van der Waals surface area contributed by atoms with E-state index >= 15 is 0 Å². The second-order valence-electron chi connectivity index (χ2n) is 4.33. The van der Waals surface area contributed by atoms with Crippen LogP contribution < -0.4 is 0 Å². The summed E-state index contributed by atoms with van der Waals surface area (Å²) < 4.78 is 21.9. The van der Waals surface area contributed by atoms with Crippen molar-refractivity contribution in [3.05, 3.63) is 0 Å². The number of rotatable bonds is 7. The highest BCUT2D eigenvalue weighted by molar-refractivity contribution is 4.55. The van der Waals surface area contributed by atoms with Gasteiger partial charge in [0.2, 0.25) is 0 Å². The molecule has 0 aromatic carbocycles. The van der Waals surface area contributed by atoms with Gasteiger partial charge in [-0.2, -0.15) is 0 Å². The van der Waals surface area contributed by atoms with E-state index in [0.29, 0.717) is 0 Å². The number of unbranched alkanes of at least 4 members (excludes halogenated alkanes) is 1. The van der Waals surface area contributed by atoms with Crippen molar-refractivity contribution in [1.82, 2.24) is 0 Å². The minimum absolute atomic E-state index is 0.0547. The van der Waals surface area contributed by atoms with E-state index in [2.05, 4.69) is 0 Å². The van der Waals surface area contributed by atoms with E-state index in [0.717, 1.165) is 65.0 Å². The summed E-state index contributed by atoms with van der Waals surface area (Å²) in [5.41, 5.74) is 0. The van der Waals surface area contributed by atoms with Gasteiger partial charge in [0.1, 0.15) is 0 Å². The highest BCUT2D eigenvalue weighted by atomic mass is 16.7. The molecule has 0 saturated carbocycles. The normalized spacial score (nSPS) is 30.0. The van der Waals surface area contributed by atoms with E-state index < -0.39 is 0 Å². The number of ether oxygens (including phenoxy) is 4. The molecule has 2 aliphatic rings. The third-order valence-corrected chi connectivity index (χ3v) is 2.92. The van der Waals surface area contributed by atoms with Gasteiger partial charge in [-0.15, -0.1) is 0 Å². The smallest absolute Gasteiger partial charge is 0.157 e. The van der Waals surface area contributed by atoms with E-state index in [9.17, 15) is 0 Å². The van der Waals surface area contributed by atoms with Gasteiger partial charge in [-0.05, 0) is 25.7 Å². The lowest BCUT2D eigenvalue weighted by Gasteiger charge is -2.12. The third kappa shape index (κ3) is 4.37. The van der Waals surface area contributed by atoms with Crippen LogP contribution in [0.3, 0.4) is 0 Å². The summed E-state index contributed by atoms with van der Waals surface area (Å²) in [5, 5.41) is 0. The zero-order valence-electron chi connectivity index (χ0n) is 9.86. The average molecular weight is 230 g/mol. The van der Waals surface area contributed by atoms with Crippen molar-refractivity contribution in [1.29, 1.82) is 0 Å². The van der Waals surface area contributed by atoms with E-state index in [-0.39, 0.29) is 12.6 Å². The monoisotopic (exact) mass is 230 g/mol. The SMILES string of the molecule is C(CCOC1CCCO1)COC1CCCO1. The Morgan fingerprint density at radius 3 is 1.69 bits per heavy atom. The Balaban J connectivity index is 1.37. The Morgan fingerprint density at radius 2 is 1.31 bits per heavy atom. The first kappa shape index (κ1) is 12.3. The Kier molecular flexibility index (Phi) is 5.55. The van der Waals surface area contributed by atoms with Crippen molar-refractivity contribution in [2.45, 2.75) is 51.1 Å². The lowest BCUT2D eigenvalue weighted by molar-refractivity contribution is -0.121. The molecule has 2 heterocycles. The molecule has 0 spiro atoms. The van der Waals surface area contributed by atoms with Gasteiger partial charge >= 0.3 is 0 Å². The fraction of sp³-hybridized carbons (Fsp3) is 1.00. The summed E-state index contributed by atoms with van der Waals surface area (Å²) in [6.07, 6.45) is 6.54. The fourth-order valence-corrected chi connectivity index (χ4v) is 1.99. The predicted molar refractivity (Wildman–Crippen MR) is 59.1 cm³/mol. The molecule has 0 N–H and O–H groups in total. The molecule has 4 heteroatoms. The Morgan fingerprint density at radius 1 is 0.812 bits per heavy atom. The van der Waals surface area contributed by atoms with Crippen LogP contribution in [0.4, 0.5) is 0 Å². The molecule has 2 rings (SSSR count).